The molecule has 3 nitrogen and oxygen atoms in total. The van der Waals surface area contributed by atoms with Crippen LogP contribution in [-0.2, 0) is 0 Å². The summed E-state index contributed by atoms with van der Waals surface area (Å²) in [6.07, 6.45) is 2.50. The van der Waals surface area contributed by atoms with Gasteiger partial charge < -0.3 is 10.2 Å². The van der Waals surface area contributed by atoms with Crippen molar-refractivity contribution in [3.05, 3.63) is 29.6 Å². The highest BCUT2D eigenvalue weighted by molar-refractivity contribution is 5.55. The van der Waals surface area contributed by atoms with Crippen molar-refractivity contribution in [1.29, 1.82) is 0 Å². The molecule has 0 aliphatic carbocycles. The van der Waals surface area contributed by atoms with Gasteiger partial charge in [-0.05, 0) is 43.5 Å². The van der Waals surface area contributed by atoms with E-state index in [1.165, 1.54) is 18.5 Å². The van der Waals surface area contributed by atoms with Crippen LogP contribution in [0.5, 0.6) is 0 Å². The average Bonchev–Trinajstić information content (AvgIpc) is 3.01. The Bertz CT molecular complexity index is 451. The maximum atomic E-state index is 13.7. The number of piperazine rings is 1. The normalized spacial score (nSPS) is 22.2. The van der Waals surface area contributed by atoms with Crippen molar-refractivity contribution < 1.29 is 4.39 Å². The van der Waals surface area contributed by atoms with Crippen molar-refractivity contribution in [2.45, 2.75) is 25.8 Å². The number of nitrogens with zero attached hydrogens (tertiary/aromatic N) is 2. The van der Waals surface area contributed by atoms with E-state index in [2.05, 4.69) is 22.0 Å². The minimum absolute atomic E-state index is 0.120. The van der Waals surface area contributed by atoms with E-state index in [4.69, 9.17) is 0 Å². The Morgan fingerprint density at radius 3 is 2.50 bits per heavy atom. The zero-order valence-electron chi connectivity index (χ0n) is 12.2. The van der Waals surface area contributed by atoms with Gasteiger partial charge in [0.1, 0.15) is 5.82 Å². The van der Waals surface area contributed by atoms with Gasteiger partial charge in [0.15, 0.2) is 0 Å². The van der Waals surface area contributed by atoms with Crippen LogP contribution in [-0.4, -0.2) is 44.2 Å². The topological polar surface area (TPSA) is 18.5 Å². The van der Waals surface area contributed by atoms with Crippen LogP contribution in [0.2, 0.25) is 0 Å². The van der Waals surface area contributed by atoms with E-state index in [0.717, 1.165) is 44.8 Å². The number of rotatable bonds is 3. The summed E-state index contributed by atoms with van der Waals surface area (Å²) >= 11 is 0. The summed E-state index contributed by atoms with van der Waals surface area (Å²) in [4.78, 5) is 4.86. The number of hydrogen-bond acceptors (Lipinski definition) is 3. The Morgan fingerprint density at radius 2 is 1.80 bits per heavy atom. The van der Waals surface area contributed by atoms with Gasteiger partial charge in [0.2, 0.25) is 0 Å². The van der Waals surface area contributed by atoms with Crippen LogP contribution in [0.3, 0.4) is 0 Å². The molecule has 2 heterocycles. The van der Waals surface area contributed by atoms with Crippen molar-refractivity contribution >= 4 is 5.69 Å². The first-order chi connectivity index (χ1) is 9.75. The van der Waals surface area contributed by atoms with Gasteiger partial charge in [-0.2, -0.15) is 0 Å². The SMILES string of the molecule is CC(c1cc(F)ccc1N1CCCC1)N1CCNCC1. The number of benzene rings is 1. The molecule has 20 heavy (non-hydrogen) atoms. The van der Waals surface area contributed by atoms with E-state index >= 15 is 0 Å². The maximum absolute atomic E-state index is 13.7. The molecule has 2 aliphatic rings. The predicted octanol–water partition coefficient (Wildman–Crippen LogP) is 2.39. The molecule has 1 aromatic carbocycles. The van der Waals surface area contributed by atoms with Gasteiger partial charge in [0.05, 0.1) is 0 Å². The van der Waals surface area contributed by atoms with E-state index in [1.807, 2.05) is 6.07 Å². The second kappa shape index (κ2) is 6.10. The lowest BCUT2D eigenvalue weighted by molar-refractivity contribution is 0.185. The second-order valence-corrected chi connectivity index (χ2v) is 5.86. The van der Waals surface area contributed by atoms with Crippen LogP contribution in [0.15, 0.2) is 18.2 Å². The molecule has 0 amide bonds. The Kier molecular flexibility index (Phi) is 4.22. The van der Waals surface area contributed by atoms with Crippen LogP contribution in [0.25, 0.3) is 0 Å². The molecule has 4 heteroatoms. The van der Waals surface area contributed by atoms with E-state index in [1.54, 1.807) is 12.1 Å². The molecule has 2 aliphatic heterocycles. The highest BCUT2D eigenvalue weighted by Gasteiger charge is 2.24. The van der Waals surface area contributed by atoms with Crippen molar-refractivity contribution in [2.24, 2.45) is 0 Å². The molecule has 3 rings (SSSR count). The molecule has 1 atom stereocenters. The van der Waals surface area contributed by atoms with E-state index in [-0.39, 0.29) is 11.9 Å². The lowest BCUT2D eigenvalue weighted by Gasteiger charge is -2.35. The van der Waals surface area contributed by atoms with Gasteiger partial charge in [0, 0.05) is 51.0 Å². The quantitative estimate of drug-likeness (QED) is 0.915. The first kappa shape index (κ1) is 13.8. The van der Waals surface area contributed by atoms with E-state index < -0.39 is 0 Å². The molecule has 0 spiro atoms. The van der Waals surface area contributed by atoms with E-state index in [0.29, 0.717) is 0 Å². The van der Waals surface area contributed by atoms with Crippen LogP contribution >= 0.6 is 0 Å². The van der Waals surface area contributed by atoms with Gasteiger partial charge in [-0.25, -0.2) is 4.39 Å². The number of halogens is 1. The Hall–Kier alpha value is -1.13. The molecule has 0 radical (unpaired) electrons. The summed E-state index contributed by atoms with van der Waals surface area (Å²) < 4.78 is 13.7. The molecular weight excluding hydrogens is 253 g/mol. The molecule has 0 bridgehead atoms. The first-order valence-corrected chi connectivity index (χ1v) is 7.75. The summed E-state index contributed by atoms with van der Waals surface area (Å²) in [5.74, 6) is -0.120. The Morgan fingerprint density at radius 1 is 1.10 bits per heavy atom. The molecule has 1 N–H and O–H groups in total. The number of anilines is 1. The molecule has 2 saturated heterocycles. The summed E-state index contributed by atoms with van der Waals surface area (Å²) in [6.45, 7) is 8.55. The molecule has 1 unspecified atom stereocenters. The van der Waals surface area contributed by atoms with Crippen LogP contribution in [0.1, 0.15) is 31.4 Å². The van der Waals surface area contributed by atoms with Crippen LogP contribution < -0.4 is 10.2 Å². The number of hydrogen-bond donors (Lipinski definition) is 1. The van der Waals surface area contributed by atoms with Crippen molar-refractivity contribution in [1.82, 2.24) is 10.2 Å². The minimum Gasteiger partial charge on any atom is -0.371 e. The van der Waals surface area contributed by atoms with Crippen molar-refractivity contribution in [2.75, 3.05) is 44.2 Å². The lowest BCUT2D eigenvalue weighted by atomic mass is 10.0. The summed E-state index contributed by atoms with van der Waals surface area (Å²) in [6, 6.07) is 5.58. The van der Waals surface area contributed by atoms with Gasteiger partial charge in [-0.1, -0.05) is 0 Å². The van der Waals surface area contributed by atoms with Gasteiger partial charge in [-0.3, -0.25) is 4.90 Å². The van der Waals surface area contributed by atoms with Crippen molar-refractivity contribution in [3.8, 4) is 0 Å². The highest BCUT2D eigenvalue weighted by atomic mass is 19.1. The van der Waals surface area contributed by atoms with Gasteiger partial charge in [-0.15, -0.1) is 0 Å². The summed E-state index contributed by atoms with van der Waals surface area (Å²) in [5, 5.41) is 3.38. The number of nitrogens with one attached hydrogen (secondary N) is 1. The Balaban J connectivity index is 1.87. The third kappa shape index (κ3) is 2.81. The lowest BCUT2D eigenvalue weighted by Crippen LogP contribution is -2.44. The molecule has 110 valence electrons. The molecule has 0 aromatic heterocycles. The first-order valence-electron chi connectivity index (χ1n) is 7.75. The maximum Gasteiger partial charge on any atom is 0.123 e. The minimum atomic E-state index is -0.120. The third-order valence-electron chi connectivity index (χ3n) is 4.59. The molecule has 0 saturated carbocycles. The van der Waals surface area contributed by atoms with E-state index in [9.17, 15) is 4.39 Å². The molecule has 2 fully saturated rings. The smallest absolute Gasteiger partial charge is 0.123 e. The summed E-state index contributed by atoms with van der Waals surface area (Å²) in [5.41, 5.74) is 2.38. The third-order valence-corrected chi connectivity index (χ3v) is 4.59. The fraction of sp³-hybridized carbons (Fsp3) is 0.625. The Labute approximate surface area is 120 Å². The summed E-state index contributed by atoms with van der Waals surface area (Å²) in [7, 11) is 0. The second-order valence-electron chi connectivity index (χ2n) is 5.86. The molecular formula is C16H24FN3. The monoisotopic (exact) mass is 277 g/mol. The largest absolute Gasteiger partial charge is 0.371 e. The van der Waals surface area contributed by atoms with Gasteiger partial charge >= 0.3 is 0 Å². The highest BCUT2D eigenvalue weighted by Crippen LogP contribution is 2.32. The fourth-order valence-electron chi connectivity index (χ4n) is 3.37. The van der Waals surface area contributed by atoms with Crippen molar-refractivity contribution in [3.63, 3.8) is 0 Å². The van der Waals surface area contributed by atoms with Crippen LogP contribution in [0.4, 0.5) is 10.1 Å². The zero-order chi connectivity index (χ0) is 13.9. The zero-order valence-corrected chi connectivity index (χ0v) is 12.2. The van der Waals surface area contributed by atoms with Gasteiger partial charge in [0.25, 0.3) is 0 Å². The van der Waals surface area contributed by atoms with Crippen LogP contribution in [0, 0.1) is 5.82 Å². The average molecular weight is 277 g/mol. The standard InChI is InChI=1S/C16H24FN3/c1-13(19-10-6-18-7-11-19)15-12-14(17)4-5-16(15)20-8-2-3-9-20/h4-5,12-13,18H,2-3,6-11H2,1H3. The predicted molar refractivity (Wildman–Crippen MR) is 80.7 cm³/mol. The molecule has 1 aromatic rings. The fourth-order valence-corrected chi connectivity index (χ4v) is 3.37.